The molecule has 22 heavy (non-hydrogen) atoms. The van der Waals surface area contributed by atoms with Crippen molar-refractivity contribution in [3.63, 3.8) is 0 Å². The Bertz CT molecular complexity index is 825. The molecule has 0 saturated heterocycles. The molecule has 4 nitrogen and oxygen atoms in total. The zero-order valence-electron chi connectivity index (χ0n) is 11.8. The van der Waals surface area contributed by atoms with Crippen molar-refractivity contribution in [2.75, 3.05) is 5.32 Å². The number of hydrogen-bond acceptors (Lipinski definition) is 2. The van der Waals surface area contributed by atoms with E-state index in [4.69, 9.17) is 23.2 Å². The Labute approximate surface area is 137 Å². The molecule has 0 unspecified atom stereocenters. The van der Waals surface area contributed by atoms with Gasteiger partial charge in [-0.15, -0.1) is 0 Å². The number of halogens is 2. The van der Waals surface area contributed by atoms with Crippen molar-refractivity contribution >= 4 is 40.6 Å². The number of amides is 1. The summed E-state index contributed by atoms with van der Waals surface area (Å²) in [5.41, 5.74) is 3.47. The minimum Gasteiger partial charge on any atom is -0.308 e. The second-order valence-corrected chi connectivity index (χ2v) is 5.99. The first-order chi connectivity index (χ1) is 10.6. The van der Waals surface area contributed by atoms with Gasteiger partial charge < -0.3 is 5.32 Å². The number of benzene rings is 1. The van der Waals surface area contributed by atoms with Crippen LogP contribution in [-0.2, 0) is 4.79 Å². The summed E-state index contributed by atoms with van der Waals surface area (Å²) in [4.78, 5) is 15.3. The molecule has 1 amide bonds. The number of nitrogens with zero attached hydrogens (tertiary/aromatic N) is 2. The first kappa shape index (κ1) is 14.9. The summed E-state index contributed by atoms with van der Waals surface area (Å²) in [6.45, 7) is 2.02. The van der Waals surface area contributed by atoms with Gasteiger partial charge in [-0.2, -0.15) is 0 Å². The Balaban J connectivity index is 2.16. The average molecular weight is 334 g/mol. The largest absolute Gasteiger partial charge is 0.308 e. The highest BCUT2D eigenvalue weighted by molar-refractivity contribution is 6.54. The van der Waals surface area contributed by atoms with Crippen molar-refractivity contribution in [1.82, 2.24) is 9.38 Å². The number of alkyl halides is 2. The Morgan fingerprint density at radius 3 is 2.59 bits per heavy atom. The number of hydrogen-bond donors (Lipinski definition) is 1. The Morgan fingerprint density at radius 2 is 1.91 bits per heavy atom. The van der Waals surface area contributed by atoms with Gasteiger partial charge in [-0.1, -0.05) is 59.1 Å². The minimum absolute atomic E-state index is 0.484. The topological polar surface area (TPSA) is 46.4 Å². The van der Waals surface area contributed by atoms with Gasteiger partial charge >= 0.3 is 0 Å². The summed E-state index contributed by atoms with van der Waals surface area (Å²) in [7, 11) is 0. The fraction of sp³-hybridized carbons (Fsp3) is 0.125. The summed E-state index contributed by atoms with van der Waals surface area (Å²) in [6.07, 6.45) is 1.83. The number of carbonyl (C=O) groups is 1. The average Bonchev–Trinajstić information content (AvgIpc) is 2.87. The number of aromatic nitrogens is 2. The first-order valence-electron chi connectivity index (χ1n) is 6.69. The maximum Gasteiger partial charge on any atom is 0.258 e. The van der Waals surface area contributed by atoms with E-state index in [0.29, 0.717) is 11.5 Å². The van der Waals surface area contributed by atoms with E-state index in [0.717, 1.165) is 16.8 Å². The molecule has 3 aromatic rings. The molecule has 0 aliphatic carbocycles. The molecule has 1 N–H and O–H groups in total. The number of anilines is 1. The van der Waals surface area contributed by atoms with E-state index in [1.54, 1.807) is 4.40 Å². The molecule has 0 aliphatic rings. The molecule has 0 fully saturated rings. The maximum absolute atomic E-state index is 11.9. The quantitative estimate of drug-likeness (QED) is 0.735. The zero-order chi connectivity index (χ0) is 15.7. The smallest absolute Gasteiger partial charge is 0.258 e. The number of pyridine rings is 1. The van der Waals surface area contributed by atoms with Gasteiger partial charge in [0.05, 0.1) is 0 Å². The molecular formula is C16H13Cl2N3O. The van der Waals surface area contributed by atoms with Crippen LogP contribution in [0.2, 0.25) is 0 Å². The second-order valence-electron chi connectivity index (χ2n) is 4.89. The van der Waals surface area contributed by atoms with Crippen LogP contribution in [0.4, 0.5) is 5.82 Å². The van der Waals surface area contributed by atoms with Crippen LogP contribution >= 0.6 is 23.2 Å². The molecule has 0 spiro atoms. The third kappa shape index (κ3) is 2.80. The fourth-order valence-electron chi connectivity index (χ4n) is 2.20. The summed E-state index contributed by atoms with van der Waals surface area (Å²) in [5, 5.41) is 2.74. The molecule has 6 heteroatoms. The lowest BCUT2D eigenvalue weighted by molar-refractivity contribution is -0.114. The number of aryl methyl sites for hydroxylation is 1. The van der Waals surface area contributed by atoms with Crippen molar-refractivity contribution in [2.45, 2.75) is 11.8 Å². The molecule has 1 aromatic carbocycles. The first-order valence-corrected chi connectivity index (χ1v) is 7.56. The van der Waals surface area contributed by atoms with Gasteiger partial charge in [0.25, 0.3) is 5.91 Å². The monoisotopic (exact) mass is 333 g/mol. The molecule has 2 heterocycles. The number of carbonyl (C=O) groups excluding carboxylic acids is 1. The molecule has 112 valence electrons. The van der Waals surface area contributed by atoms with Crippen LogP contribution < -0.4 is 5.32 Å². The molecule has 0 saturated carbocycles. The van der Waals surface area contributed by atoms with Gasteiger partial charge in [0, 0.05) is 11.8 Å². The molecule has 0 atom stereocenters. The summed E-state index contributed by atoms with van der Waals surface area (Å²) in [6, 6.07) is 13.5. The Morgan fingerprint density at radius 1 is 1.18 bits per heavy atom. The Hall–Kier alpha value is -2.04. The highest BCUT2D eigenvalue weighted by Crippen LogP contribution is 2.29. The molecule has 3 rings (SSSR count). The third-order valence-electron chi connectivity index (χ3n) is 3.29. The van der Waals surface area contributed by atoms with Crippen LogP contribution in [0.15, 0.2) is 48.7 Å². The highest BCUT2D eigenvalue weighted by Gasteiger charge is 2.19. The van der Waals surface area contributed by atoms with Gasteiger partial charge in [0.15, 0.2) is 4.84 Å². The van der Waals surface area contributed by atoms with Gasteiger partial charge in [-0.05, 0) is 19.1 Å². The van der Waals surface area contributed by atoms with Crippen LogP contribution in [0.3, 0.4) is 0 Å². The Kier molecular flexibility index (Phi) is 4.05. The fourth-order valence-corrected chi connectivity index (χ4v) is 2.31. The van der Waals surface area contributed by atoms with E-state index >= 15 is 0 Å². The lowest BCUT2D eigenvalue weighted by Gasteiger charge is -2.08. The van der Waals surface area contributed by atoms with Crippen LogP contribution in [-0.4, -0.2) is 20.1 Å². The minimum atomic E-state index is -1.14. The molecule has 0 bridgehead atoms. The van der Waals surface area contributed by atoms with Crippen molar-refractivity contribution in [2.24, 2.45) is 0 Å². The van der Waals surface area contributed by atoms with Crippen molar-refractivity contribution in [3.05, 3.63) is 54.2 Å². The molecular weight excluding hydrogens is 321 g/mol. The van der Waals surface area contributed by atoms with Crippen LogP contribution in [0.5, 0.6) is 0 Å². The van der Waals surface area contributed by atoms with Crippen molar-refractivity contribution in [1.29, 1.82) is 0 Å². The van der Waals surface area contributed by atoms with E-state index in [1.807, 2.05) is 55.6 Å². The maximum atomic E-state index is 11.9. The standard InChI is InChI=1S/C16H13Cl2N3O/c1-10-5-7-11(8-6-10)13-15(20-16(22)14(17)18)21-9-3-2-4-12(21)19-13/h2-9,14H,1H3,(H,20,22). The van der Waals surface area contributed by atoms with Gasteiger partial charge in [-0.3, -0.25) is 9.20 Å². The number of rotatable bonds is 3. The number of fused-ring (bicyclic) bond motifs is 1. The van der Waals surface area contributed by atoms with Crippen molar-refractivity contribution in [3.8, 4) is 11.3 Å². The lowest BCUT2D eigenvalue weighted by Crippen LogP contribution is -2.20. The molecule has 0 radical (unpaired) electrons. The third-order valence-corrected chi connectivity index (χ3v) is 3.69. The predicted octanol–water partition coefficient (Wildman–Crippen LogP) is 4.05. The molecule has 2 aromatic heterocycles. The molecule has 0 aliphatic heterocycles. The van der Waals surface area contributed by atoms with Crippen molar-refractivity contribution < 1.29 is 4.79 Å². The van der Waals surface area contributed by atoms with Crippen LogP contribution in [0.25, 0.3) is 16.9 Å². The van der Waals surface area contributed by atoms with Gasteiger partial charge in [-0.25, -0.2) is 4.98 Å². The lowest BCUT2D eigenvalue weighted by atomic mass is 10.1. The number of imidazole rings is 1. The zero-order valence-corrected chi connectivity index (χ0v) is 13.3. The second kappa shape index (κ2) is 5.99. The summed E-state index contributed by atoms with van der Waals surface area (Å²) < 4.78 is 1.79. The van der Waals surface area contributed by atoms with Crippen LogP contribution in [0.1, 0.15) is 5.56 Å². The summed E-state index contributed by atoms with van der Waals surface area (Å²) in [5.74, 6) is 0.0677. The SMILES string of the molecule is Cc1ccc(-c2nc3ccccn3c2NC(=O)C(Cl)Cl)cc1. The van der Waals surface area contributed by atoms with E-state index in [2.05, 4.69) is 10.3 Å². The van der Waals surface area contributed by atoms with E-state index in [-0.39, 0.29) is 0 Å². The van der Waals surface area contributed by atoms with E-state index in [1.165, 1.54) is 0 Å². The van der Waals surface area contributed by atoms with E-state index < -0.39 is 10.7 Å². The predicted molar refractivity (Wildman–Crippen MR) is 89.5 cm³/mol. The number of nitrogens with one attached hydrogen (secondary N) is 1. The normalized spacial score (nSPS) is 11.1. The highest BCUT2D eigenvalue weighted by atomic mass is 35.5. The van der Waals surface area contributed by atoms with Gasteiger partial charge in [0.2, 0.25) is 0 Å². The van der Waals surface area contributed by atoms with Crippen LogP contribution in [0, 0.1) is 6.92 Å². The van der Waals surface area contributed by atoms with E-state index in [9.17, 15) is 4.79 Å². The van der Waals surface area contributed by atoms with Gasteiger partial charge in [0.1, 0.15) is 17.2 Å². The summed E-state index contributed by atoms with van der Waals surface area (Å²) >= 11 is 11.3.